The van der Waals surface area contributed by atoms with Crippen LogP contribution >= 0.6 is 0 Å². The molecule has 3 rings (SSSR count). The number of hydrogen-bond acceptors (Lipinski definition) is 4. The Kier molecular flexibility index (Phi) is 8.63. The lowest BCUT2D eigenvalue weighted by Gasteiger charge is -2.31. The van der Waals surface area contributed by atoms with Gasteiger partial charge in [0.2, 0.25) is 0 Å². The Morgan fingerprint density at radius 1 is 1.18 bits per heavy atom. The van der Waals surface area contributed by atoms with Crippen LogP contribution < -0.4 is 5.32 Å². The number of hydrogen-bond donors (Lipinski definition) is 3. The van der Waals surface area contributed by atoms with E-state index in [1.165, 1.54) is 17.2 Å². The zero-order valence-electron chi connectivity index (χ0n) is 19.8. The van der Waals surface area contributed by atoms with Crippen LogP contribution in [0.25, 0.3) is 0 Å². The molecule has 33 heavy (non-hydrogen) atoms. The maximum atomic E-state index is 14.3. The summed E-state index contributed by atoms with van der Waals surface area (Å²) in [6, 6.07) is 13.3. The predicted molar refractivity (Wildman–Crippen MR) is 127 cm³/mol. The van der Waals surface area contributed by atoms with Gasteiger partial charge in [0.25, 0.3) is 0 Å². The average Bonchev–Trinajstić information content (AvgIpc) is 3.16. The summed E-state index contributed by atoms with van der Waals surface area (Å²) in [5.74, 6) is -0.805. The molecule has 0 spiro atoms. The Bertz CT molecular complexity index is 920. The smallest absolute Gasteiger partial charge is 0.303 e. The van der Waals surface area contributed by atoms with Crippen molar-refractivity contribution in [1.29, 1.82) is 0 Å². The monoisotopic (exact) mass is 457 g/mol. The van der Waals surface area contributed by atoms with E-state index in [0.29, 0.717) is 23.6 Å². The number of carbonyl (C=O) groups is 1. The van der Waals surface area contributed by atoms with Gasteiger partial charge < -0.3 is 20.3 Å². The molecule has 0 amide bonds. The number of ether oxygens (including phenoxy) is 1. The fourth-order valence-electron chi connectivity index (χ4n) is 4.84. The van der Waals surface area contributed by atoms with Crippen LogP contribution in [0.1, 0.15) is 62.0 Å². The van der Waals surface area contributed by atoms with Gasteiger partial charge in [-0.15, -0.1) is 0 Å². The van der Waals surface area contributed by atoms with Crippen molar-refractivity contribution in [1.82, 2.24) is 5.32 Å². The molecule has 6 heteroatoms. The van der Waals surface area contributed by atoms with Gasteiger partial charge in [0.1, 0.15) is 5.82 Å². The maximum Gasteiger partial charge on any atom is 0.303 e. The van der Waals surface area contributed by atoms with Gasteiger partial charge in [-0.05, 0) is 80.7 Å². The second-order valence-corrected chi connectivity index (χ2v) is 9.84. The number of rotatable bonds is 12. The van der Waals surface area contributed by atoms with E-state index >= 15 is 0 Å². The largest absolute Gasteiger partial charge is 0.481 e. The minimum atomic E-state index is -0.969. The van der Waals surface area contributed by atoms with Crippen molar-refractivity contribution in [2.75, 3.05) is 13.2 Å². The number of halogens is 1. The molecule has 180 valence electrons. The van der Waals surface area contributed by atoms with Crippen molar-refractivity contribution in [3.63, 3.8) is 0 Å². The maximum absolute atomic E-state index is 14.3. The minimum absolute atomic E-state index is 0.105. The molecule has 0 saturated heterocycles. The van der Waals surface area contributed by atoms with E-state index in [0.717, 1.165) is 19.3 Å². The molecule has 0 aliphatic heterocycles. The molecule has 0 saturated carbocycles. The number of carboxylic acids is 1. The summed E-state index contributed by atoms with van der Waals surface area (Å²) in [7, 11) is 0. The van der Waals surface area contributed by atoms with Crippen LogP contribution in [0.2, 0.25) is 0 Å². The van der Waals surface area contributed by atoms with Gasteiger partial charge in [-0.2, -0.15) is 0 Å². The van der Waals surface area contributed by atoms with Crippen molar-refractivity contribution in [3.8, 4) is 0 Å². The normalized spacial score (nSPS) is 15.9. The van der Waals surface area contributed by atoms with Crippen molar-refractivity contribution in [2.24, 2.45) is 5.92 Å². The Morgan fingerprint density at radius 3 is 2.48 bits per heavy atom. The topological polar surface area (TPSA) is 78.8 Å². The lowest BCUT2D eigenvalue weighted by atomic mass is 9.88. The van der Waals surface area contributed by atoms with Crippen LogP contribution in [0.15, 0.2) is 42.5 Å². The molecule has 1 aliphatic rings. The van der Waals surface area contributed by atoms with Gasteiger partial charge in [-0.25, -0.2) is 4.39 Å². The summed E-state index contributed by atoms with van der Waals surface area (Å²) in [6.45, 7) is 6.62. The van der Waals surface area contributed by atoms with Crippen molar-refractivity contribution >= 4 is 5.97 Å². The van der Waals surface area contributed by atoms with E-state index in [1.54, 1.807) is 19.1 Å². The highest BCUT2D eigenvalue weighted by Crippen LogP contribution is 2.32. The first-order valence-corrected chi connectivity index (χ1v) is 11.7. The van der Waals surface area contributed by atoms with Crippen molar-refractivity contribution in [2.45, 2.75) is 70.6 Å². The highest BCUT2D eigenvalue weighted by Gasteiger charge is 2.28. The summed E-state index contributed by atoms with van der Waals surface area (Å²) in [5.41, 5.74) is 3.75. The van der Waals surface area contributed by atoms with Gasteiger partial charge in [0.15, 0.2) is 0 Å². The lowest BCUT2D eigenvalue weighted by molar-refractivity contribution is -0.136. The molecule has 2 aromatic rings. The molecule has 0 aromatic heterocycles. The van der Waals surface area contributed by atoms with Crippen LogP contribution in [-0.2, 0) is 28.8 Å². The first-order chi connectivity index (χ1) is 15.6. The summed E-state index contributed by atoms with van der Waals surface area (Å²) in [6.07, 6.45) is 2.02. The Labute approximate surface area is 196 Å². The first-order valence-electron chi connectivity index (χ1n) is 11.7. The molecule has 2 aromatic carbocycles. The number of nitrogens with one attached hydrogen (secondary N) is 1. The molecule has 0 unspecified atom stereocenters. The number of benzene rings is 2. The van der Waals surface area contributed by atoms with Gasteiger partial charge in [-0.1, -0.05) is 36.4 Å². The van der Waals surface area contributed by atoms with Crippen LogP contribution in [0, 0.1) is 11.7 Å². The Hall–Kier alpha value is -2.28. The van der Waals surface area contributed by atoms with Crippen LogP contribution in [0.3, 0.4) is 0 Å². The molecular formula is C27H36FNO4. The molecule has 1 aliphatic carbocycles. The zero-order chi connectivity index (χ0) is 24.0. The van der Waals surface area contributed by atoms with E-state index < -0.39 is 24.0 Å². The number of carboxylic acid groups (broad SMARTS) is 1. The summed E-state index contributed by atoms with van der Waals surface area (Å²) in [5, 5.41) is 22.9. The van der Waals surface area contributed by atoms with Gasteiger partial charge in [-0.3, -0.25) is 4.79 Å². The molecule has 0 heterocycles. The summed E-state index contributed by atoms with van der Waals surface area (Å²) in [4.78, 5) is 10.9. The Balaban J connectivity index is 1.46. The fourth-order valence-corrected chi connectivity index (χ4v) is 4.84. The molecule has 0 radical (unpaired) electrons. The highest BCUT2D eigenvalue weighted by atomic mass is 19.1. The quantitative estimate of drug-likeness (QED) is 0.439. The lowest BCUT2D eigenvalue weighted by Crippen LogP contribution is -2.45. The number of aliphatic hydroxyl groups is 1. The van der Waals surface area contributed by atoms with Gasteiger partial charge in [0.05, 0.1) is 18.8 Å². The second-order valence-electron chi connectivity index (χ2n) is 9.84. The summed E-state index contributed by atoms with van der Waals surface area (Å²) >= 11 is 0. The molecule has 3 N–H and O–H groups in total. The molecular weight excluding hydrogens is 421 g/mol. The van der Waals surface area contributed by atoms with Crippen molar-refractivity contribution in [3.05, 3.63) is 70.5 Å². The first kappa shape index (κ1) is 25.3. The van der Waals surface area contributed by atoms with E-state index in [-0.39, 0.29) is 25.0 Å². The SMILES string of the molecule is C[C@@H](OC[C@@H](O)CNC(C)(C)CC1Cc2ccccc2C1)c1cccc(F)c1CCC(=O)O. The van der Waals surface area contributed by atoms with Gasteiger partial charge >= 0.3 is 5.97 Å². The third-order valence-electron chi connectivity index (χ3n) is 6.47. The molecule has 0 bridgehead atoms. The van der Waals surface area contributed by atoms with Crippen LogP contribution in [-0.4, -0.2) is 41.0 Å². The third-order valence-corrected chi connectivity index (χ3v) is 6.47. The number of fused-ring (bicyclic) bond motifs is 1. The average molecular weight is 458 g/mol. The summed E-state index contributed by atoms with van der Waals surface area (Å²) < 4.78 is 20.1. The van der Waals surface area contributed by atoms with E-state index in [2.05, 4.69) is 43.4 Å². The van der Waals surface area contributed by atoms with E-state index in [9.17, 15) is 14.3 Å². The zero-order valence-corrected chi connectivity index (χ0v) is 19.8. The van der Waals surface area contributed by atoms with Crippen LogP contribution in [0.5, 0.6) is 0 Å². The molecule has 0 fully saturated rings. The molecule has 5 nitrogen and oxygen atoms in total. The standard InChI is InChI=1S/C27H36FNO4/c1-18(23-9-6-10-25(28)24(23)11-12-26(31)32)33-17-22(30)16-29-27(2,3)15-19-13-20-7-4-5-8-21(20)14-19/h4-10,18-19,22,29-30H,11-17H2,1-3H3,(H,31,32)/t18-,22+/m1/s1. The van der Waals surface area contributed by atoms with Crippen molar-refractivity contribution < 1.29 is 24.1 Å². The second kappa shape index (κ2) is 11.2. The van der Waals surface area contributed by atoms with E-state index in [4.69, 9.17) is 9.84 Å². The number of aliphatic hydroxyl groups excluding tert-OH is 1. The predicted octanol–water partition coefficient (Wildman–Crippen LogP) is 4.45. The van der Waals surface area contributed by atoms with E-state index in [1.807, 2.05) is 0 Å². The fraction of sp³-hybridized carbons (Fsp3) is 0.519. The third kappa shape index (κ3) is 7.36. The van der Waals surface area contributed by atoms with Crippen LogP contribution in [0.4, 0.5) is 4.39 Å². The van der Waals surface area contributed by atoms with Gasteiger partial charge in [0, 0.05) is 18.5 Å². The number of aliphatic carboxylic acids is 1. The molecule has 2 atom stereocenters. The number of β-amino-alcohol motifs (C(OH)–C–C–N with tert-alkyl or cyclic N) is 1. The highest BCUT2D eigenvalue weighted by molar-refractivity contribution is 5.67. The Morgan fingerprint density at radius 2 is 1.85 bits per heavy atom. The minimum Gasteiger partial charge on any atom is -0.481 e.